The number of aryl methyl sites for hydroxylation is 1. The van der Waals surface area contributed by atoms with Gasteiger partial charge in [0.05, 0.1) is 5.69 Å². The van der Waals surface area contributed by atoms with Crippen LogP contribution in [0.5, 0.6) is 0 Å². The fourth-order valence-corrected chi connectivity index (χ4v) is 1.67. The molecule has 1 aromatic heterocycles. The molecule has 106 valence electrons. The fraction of sp³-hybridized carbons (Fsp3) is 0.250. The lowest BCUT2D eigenvalue weighted by Crippen LogP contribution is -2.07. The Kier molecular flexibility index (Phi) is 4.29. The number of halogens is 3. The molecule has 0 amide bonds. The molecule has 2 N–H and O–H groups in total. The lowest BCUT2D eigenvalue weighted by Gasteiger charge is -2.09. The maximum absolute atomic E-state index is 13.7. The molecule has 0 radical (unpaired) electrons. The van der Waals surface area contributed by atoms with Crippen LogP contribution in [0.1, 0.15) is 12.5 Å². The lowest BCUT2D eigenvalue weighted by molar-refractivity contribution is 0.595. The van der Waals surface area contributed by atoms with Gasteiger partial charge in [-0.25, -0.2) is 8.78 Å². The first kappa shape index (κ1) is 14.4. The first-order chi connectivity index (χ1) is 9.49. The molecule has 1 heterocycles. The van der Waals surface area contributed by atoms with Crippen molar-refractivity contribution in [1.29, 1.82) is 0 Å². The van der Waals surface area contributed by atoms with Crippen molar-refractivity contribution < 1.29 is 8.78 Å². The van der Waals surface area contributed by atoms with Gasteiger partial charge in [0.15, 0.2) is 0 Å². The smallest absolute Gasteiger partial charge is 0.233 e. The van der Waals surface area contributed by atoms with Crippen LogP contribution >= 0.6 is 11.6 Å². The molecular formula is C12H12ClF2N5. The summed E-state index contributed by atoms with van der Waals surface area (Å²) in [7, 11) is 0. The SMILES string of the molecule is CCNc1nc(Cl)nc(Nc2cc(F)c(C)cc2F)n1. The Hall–Kier alpha value is -2.02. The van der Waals surface area contributed by atoms with Gasteiger partial charge < -0.3 is 10.6 Å². The van der Waals surface area contributed by atoms with E-state index in [1.54, 1.807) is 0 Å². The molecule has 0 bridgehead atoms. The Morgan fingerprint density at radius 2 is 1.80 bits per heavy atom. The van der Waals surface area contributed by atoms with E-state index in [1.807, 2.05) is 6.92 Å². The summed E-state index contributed by atoms with van der Waals surface area (Å²) < 4.78 is 27.2. The number of nitrogens with one attached hydrogen (secondary N) is 2. The summed E-state index contributed by atoms with van der Waals surface area (Å²) in [4.78, 5) is 11.6. The molecule has 0 aliphatic rings. The minimum atomic E-state index is -0.606. The van der Waals surface area contributed by atoms with Gasteiger partial charge >= 0.3 is 0 Å². The van der Waals surface area contributed by atoms with Gasteiger partial charge in [-0.3, -0.25) is 0 Å². The first-order valence-corrected chi connectivity index (χ1v) is 6.25. The molecule has 0 spiro atoms. The van der Waals surface area contributed by atoms with Crippen molar-refractivity contribution in [3.63, 3.8) is 0 Å². The first-order valence-electron chi connectivity index (χ1n) is 5.87. The molecule has 0 saturated heterocycles. The van der Waals surface area contributed by atoms with Gasteiger partial charge in [-0.1, -0.05) is 0 Å². The average Bonchev–Trinajstić information content (AvgIpc) is 2.35. The maximum Gasteiger partial charge on any atom is 0.233 e. The summed E-state index contributed by atoms with van der Waals surface area (Å²) in [5, 5.41) is 5.38. The summed E-state index contributed by atoms with van der Waals surface area (Å²) in [5.74, 6) is -0.850. The van der Waals surface area contributed by atoms with Crippen molar-refractivity contribution in [2.45, 2.75) is 13.8 Å². The van der Waals surface area contributed by atoms with Crippen LogP contribution in [0, 0.1) is 18.6 Å². The molecule has 0 fully saturated rings. The summed E-state index contributed by atoms with van der Waals surface area (Å²) in [6, 6.07) is 2.13. The van der Waals surface area contributed by atoms with Crippen molar-refractivity contribution >= 4 is 29.2 Å². The Morgan fingerprint density at radius 1 is 1.10 bits per heavy atom. The topological polar surface area (TPSA) is 62.7 Å². The van der Waals surface area contributed by atoms with E-state index in [0.29, 0.717) is 6.54 Å². The molecule has 2 aromatic rings. The number of hydrogen-bond donors (Lipinski definition) is 2. The van der Waals surface area contributed by atoms with E-state index in [-0.39, 0.29) is 28.4 Å². The van der Waals surface area contributed by atoms with Crippen LogP contribution in [-0.2, 0) is 0 Å². The number of nitrogens with zero attached hydrogens (tertiary/aromatic N) is 3. The van der Waals surface area contributed by atoms with Crippen LogP contribution in [-0.4, -0.2) is 21.5 Å². The minimum absolute atomic E-state index is 0.0307. The summed E-state index contributed by atoms with van der Waals surface area (Å²) in [6.45, 7) is 3.93. The maximum atomic E-state index is 13.7. The predicted octanol–water partition coefficient (Wildman–Crippen LogP) is 3.29. The van der Waals surface area contributed by atoms with Crippen molar-refractivity contribution in [2.75, 3.05) is 17.2 Å². The molecule has 20 heavy (non-hydrogen) atoms. The van der Waals surface area contributed by atoms with E-state index in [9.17, 15) is 8.78 Å². The monoisotopic (exact) mass is 299 g/mol. The van der Waals surface area contributed by atoms with E-state index in [4.69, 9.17) is 11.6 Å². The van der Waals surface area contributed by atoms with Crippen molar-refractivity contribution in [3.05, 3.63) is 34.6 Å². The van der Waals surface area contributed by atoms with Crippen LogP contribution in [0.4, 0.5) is 26.4 Å². The Bertz CT molecular complexity index is 635. The number of hydrogen-bond acceptors (Lipinski definition) is 5. The molecule has 0 aliphatic heterocycles. The van der Waals surface area contributed by atoms with Crippen LogP contribution < -0.4 is 10.6 Å². The summed E-state index contributed by atoms with van der Waals surface area (Å²) >= 11 is 5.74. The highest BCUT2D eigenvalue weighted by Gasteiger charge is 2.10. The molecule has 0 atom stereocenters. The molecule has 0 unspecified atom stereocenters. The quantitative estimate of drug-likeness (QED) is 0.907. The third kappa shape index (κ3) is 3.30. The molecular weight excluding hydrogens is 288 g/mol. The number of anilines is 3. The molecule has 0 saturated carbocycles. The highest BCUT2D eigenvalue weighted by molar-refractivity contribution is 6.28. The van der Waals surface area contributed by atoms with Crippen molar-refractivity contribution in [2.24, 2.45) is 0 Å². The highest BCUT2D eigenvalue weighted by Crippen LogP contribution is 2.22. The molecule has 5 nitrogen and oxygen atoms in total. The van der Waals surface area contributed by atoms with Gasteiger partial charge in [0.2, 0.25) is 17.2 Å². The summed E-state index contributed by atoms with van der Waals surface area (Å²) in [5.41, 5.74) is 0.146. The Labute approximate surface area is 119 Å². The van der Waals surface area contributed by atoms with Gasteiger partial charge in [-0.05, 0) is 37.1 Å². The van der Waals surface area contributed by atoms with Crippen molar-refractivity contribution in [1.82, 2.24) is 15.0 Å². The van der Waals surface area contributed by atoms with Gasteiger partial charge in [-0.15, -0.1) is 0 Å². The Balaban J connectivity index is 2.32. The van der Waals surface area contributed by atoms with E-state index in [1.165, 1.54) is 6.92 Å². The third-order valence-electron chi connectivity index (χ3n) is 2.44. The van der Waals surface area contributed by atoms with E-state index < -0.39 is 11.6 Å². The second-order valence-electron chi connectivity index (χ2n) is 3.99. The molecule has 1 aromatic carbocycles. The predicted molar refractivity (Wildman–Crippen MR) is 73.4 cm³/mol. The van der Waals surface area contributed by atoms with E-state index in [0.717, 1.165) is 12.1 Å². The van der Waals surface area contributed by atoms with Gasteiger partial charge in [0.1, 0.15) is 11.6 Å². The van der Waals surface area contributed by atoms with Gasteiger partial charge in [0, 0.05) is 12.6 Å². The zero-order chi connectivity index (χ0) is 14.7. The van der Waals surface area contributed by atoms with Crippen molar-refractivity contribution in [3.8, 4) is 0 Å². The number of aromatic nitrogens is 3. The normalized spacial score (nSPS) is 10.4. The van der Waals surface area contributed by atoms with Crippen LogP contribution in [0.3, 0.4) is 0 Å². The van der Waals surface area contributed by atoms with Crippen LogP contribution in [0.15, 0.2) is 12.1 Å². The Morgan fingerprint density at radius 3 is 2.50 bits per heavy atom. The second-order valence-corrected chi connectivity index (χ2v) is 4.33. The molecule has 8 heteroatoms. The standard InChI is InChI=1S/C12H12ClF2N5/c1-3-16-11-18-10(13)19-12(20-11)17-9-5-7(14)6(2)4-8(9)15/h4-5H,3H2,1-2H3,(H2,16,17,18,19,20). The fourth-order valence-electron chi connectivity index (χ4n) is 1.51. The number of benzene rings is 1. The van der Waals surface area contributed by atoms with Gasteiger partial charge in [0.25, 0.3) is 0 Å². The van der Waals surface area contributed by atoms with Crippen LogP contribution in [0.2, 0.25) is 5.28 Å². The number of rotatable bonds is 4. The van der Waals surface area contributed by atoms with Crippen LogP contribution in [0.25, 0.3) is 0 Å². The second kappa shape index (κ2) is 5.96. The van der Waals surface area contributed by atoms with E-state index >= 15 is 0 Å². The molecule has 2 rings (SSSR count). The van der Waals surface area contributed by atoms with E-state index in [2.05, 4.69) is 25.6 Å². The minimum Gasteiger partial charge on any atom is -0.354 e. The summed E-state index contributed by atoms with van der Waals surface area (Å²) in [6.07, 6.45) is 0. The average molecular weight is 300 g/mol. The third-order valence-corrected chi connectivity index (χ3v) is 2.61. The largest absolute Gasteiger partial charge is 0.354 e. The molecule has 0 aliphatic carbocycles. The zero-order valence-corrected chi connectivity index (χ0v) is 11.6. The highest BCUT2D eigenvalue weighted by atomic mass is 35.5. The zero-order valence-electron chi connectivity index (χ0n) is 10.8. The van der Waals surface area contributed by atoms with Gasteiger partial charge in [-0.2, -0.15) is 15.0 Å². The lowest BCUT2D eigenvalue weighted by atomic mass is 10.2.